The Labute approximate surface area is 110 Å². The maximum Gasteiger partial charge on any atom is 0.0917 e. The highest BCUT2D eigenvalue weighted by atomic mass is 16.5. The summed E-state index contributed by atoms with van der Waals surface area (Å²) in [5.74, 6) is 0. The monoisotopic (exact) mass is 254 g/mol. The summed E-state index contributed by atoms with van der Waals surface area (Å²) in [5.41, 5.74) is 0.398. The third kappa shape index (κ3) is 2.36. The molecule has 4 atom stereocenters. The van der Waals surface area contributed by atoms with Crippen LogP contribution in [0.2, 0.25) is 0 Å². The van der Waals surface area contributed by atoms with E-state index in [-0.39, 0.29) is 11.5 Å². The first-order valence-electron chi connectivity index (χ1n) is 6.97. The molecule has 104 valence electrons. The predicted octanol–water partition coefficient (Wildman–Crippen LogP) is 2.41. The molecular formula is C15H26O3. The lowest BCUT2D eigenvalue weighted by molar-refractivity contribution is -0.147. The molecule has 1 saturated heterocycles. The lowest BCUT2D eigenvalue weighted by Gasteiger charge is -2.39. The van der Waals surface area contributed by atoms with Crippen molar-refractivity contribution >= 4 is 0 Å². The number of fused-ring (bicyclic) bond motifs is 2. The van der Waals surface area contributed by atoms with E-state index in [1.165, 1.54) is 0 Å². The Morgan fingerprint density at radius 3 is 2.56 bits per heavy atom. The van der Waals surface area contributed by atoms with E-state index in [0.29, 0.717) is 6.42 Å². The first-order valence-corrected chi connectivity index (χ1v) is 6.97. The fourth-order valence-electron chi connectivity index (χ4n) is 3.06. The molecule has 2 bridgehead atoms. The van der Waals surface area contributed by atoms with Gasteiger partial charge in [0.05, 0.1) is 23.9 Å². The van der Waals surface area contributed by atoms with Crippen LogP contribution in [0.3, 0.4) is 0 Å². The smallest absolute Gasteiger partial charge is 0.0917 e. The fraction of sp³-hybridized carbons (Fsp3) is 0.867. The molecule has 0 aromatic carbocycles. The van der Waals surface area contributed by atoms with Gasteiger partial charge in [-0.15, -0.1) is 0 Å². The highest BCUT2D eigenvalue weighted by Crippen LogP contribution is 2.44. The molecule has 2 rings (SSSR count). The van der Waals surface area contributed by atoms with Gasteiger partial charge in [0.15, 0.2) is 0 Å². The topological polar surface area (TPSA) is 49.7 Å². The molecule has 2 aliphatic heterocycles. The molecule has 2 N–H and O–H groups in total. The Kier molecular flexibility index (Phi) is 3.60. The van der Waals surface area contributed by atoms with Crippen molar-refractivity contribution in [2.45, 2.75) is 77.3 Å². The lowest BCUT2D eigenvalue weighted by atomic mass is 9.79. The minimum absolute atomic E-state index is 0.00861. The second-order valence-electron chi connectivity index (χ2n) is 6.79. The van der Waals surface area contributed by atoms with Crippen LogP contribution in [0, 0.1) is 5.41 Å². The van der Waals surface area contributed by atoms with E-state index >= 15 is 0 Å². The van der Waals surface area contributed by atoms with E-state index in [0.717, 1.165) is 24.8 Å². The molecule has 0 radical (unpaired) electrons. The fourth-order valence-corrected chi connectivity index (χ4v) is 3.06. The number of hydrogen-bond donors (Lipinski definition) is 2. The summed E-state index contributed by atoms with van der Waals surface area (Å²) >= 11 is 0. The predicted molar refractivity (Wildman–Crippen MR) is 71.3 cm³/mol. The van der Waals surface area contributed by atoms with Gasteiger partial charge in [0.1, 0.15) is 0 Å². The lowest BCUT2D eigenvalue weighted by Crippen LogP contribution is -2.45. The van der Waals surface area contributed by atoms with Crippen molar-refractivity contribution in [1.82, 2.24) is 0 Å². The molecular weight excluding hydrogens is 228 g/mol. The summed E-state index contributed by atoms with van der Waals surface area (Å²) in [5, 5.41) is 20.7. The van der Waals surface area contributed by atoms with Crippen LogP contribution in [0.1, 0.15) is 53.4 Å². The van der Waals surface area contributed by atoms with Crippen molar-refractivity contribution in [1.29, 1.82) is 0 Å². The molecule has 0 saturated carbocycles. The Balaban J connectivity index is 2.33. The van der Waals surface area contributed by atoms with Crippen LogP contribution in [-0.2, 0) is 4.74 Å². The highest BCUT2D eigenvalue weighted by Gasteiger charge is 2.48. The Bertz CT molecular complexity index is 348. The Morgan fingerprint density at radius 2 is 1.89 bits per heavy atom. The van der Waals surface area contributed by atoms with Crippen LogP contribution in [0.25, 0.3) is 0 Å². The van der Waals surface area contributed by atoms with E-state index in [4.69, 9.17) is 4.74 Å². The molecule has 2 aliphatic rings. The van der Waals surface area contributed by atoms with Gasteiger partial charge in [-0.3, -0.25) is 0 Å². The summed E-state index contributed by atoms with van der Waals surface area (Å²) < 4.78 is 6.12. The van der Waals surface area contributed by atoms with E-state index in [1.807, 2.05) is 33.8 Å². The van der Waals surface area contributed by atoms with Gasteiger partial charge in [-0.25, -0.2) is 0 Å². The first-order chi connectivity index (χ1) is 8.25. The van der Waals surface area contributed by atoms with Gasteiger partial charge in [0, 0.05) is 5.41 Å². The van der Waals surface area contributed by atoms with Gasteiger partial charge < -0.3 is 14.9 Å². The molecule has 3 heteroatoms. The van der Waals surface area contributed by atoms with Crippen LogP contribution >= 0.6 is 0 Å². The van der Waals surface area contributed by atoms with Crippen LogP contribution < -0.4 is 0 Å². The van der Waals surface area contributed by atoms with Crippen LogP contribution in [0.5, 0.6) is 0 Å². The average molecular weight is 254 g/mol. The molecule has 0 spiro atoms. The van der Waals surface area contributed by atoms with Crippen molar-refractivity contribution in [2.75, 3.05) is 0 Å². The zero-order valence-corrected chi connectivity index (χ0v) is 11.9. The number of hydrogen-bond acceptors (Lipinski definition) is 3. The van der Waals surface area contributed by atoms with Crippen molar-refractivity contribution in [3.05, 3.63) is 11.6 Å². The number of aliphatic hydroxyl groups is 2. The molecule has 1 fully saturated rings. The zero-order chi connectivity index (χ0) is 13.6. The van der Waals surface area contributed by atoms with Gasteiger partial charge in [-0.05, 0) is 39.5 Å². The van der Waals surface area contributed by atoms with Crippen LogP contribution in [0.4, 0.5) is 0 Å². The van der Waals surface area contributed by atoms with Gasteiger partial charge in [0.2, 0.25) is 0 Å². The van der Waals surface area contributed by atoms with Crippen molar-refractivity contribution < 1.29 is 14.9 Å². The molecule has 0 aliphatic carbocycles. The van der Waals surface area contributed by atoms with Crippen molar-refractivity contribution in [2.24, 2.45) is 5.41 Å². The number of ether oxygens (including phenoxy) is 1. The molecule has 18 heavy (non-hydrogen) atoms. The zero-order valence-electron chi connectivity index (χ0n) is 11.9. The summed E-state index contributed by atoms with van der Waals surface area (Å²) in [7, 11) is 0. The summed E-state index contributed by atoms with van der Waals surface area (Å²) in [6.07, 6.45) is 4.33. The van der Waals surface area contributed by atoms with E-state index in [1.54, 1.807) is 0 Å². The summed E-state index contributed by atoms with van der Waals surface area (Å²) in [6, 6.07) is 0. The van der Waals surface area contributed by atoms with E-state index in [9.17, 15) is 10.2 Å². The minimum Gasteiger partial charge on any atom is -0.390 e. The molecule has 3 nitrogen and oxygen atoms in total. The number of allylic oxidation sites excluding steroid dienone is 1. The minimum atomic E-state index is -0.486. The number of rotatable bonds is 0. The van der Waals surface area contributed by atoms with Crippen LogP contribution in [0.15, 0.2) is 11.6 Å². The highest BCUT2D eigenvalue weighted by molar-refractivity contribution is 5.10. The molecule has 4 unspecified atom stereocenters. The first kappa shape index (κ1) is 14.0. The van der Waals surface area contributed by atoms with Gasteiger partial charge >= 0.3 is 0 Å². The maximum absolute atomic E-state index is 10.4. The van der Waals surface area contributed by atoms with Gasteiger partial charge in [-0.2, -0.15) is 0 Å². The van der Waals surface area contributed by atoms with Crippen LogP contribution in [-0.4, -0.2) is 34.1 Å². The third-order valence-electron chi connectivity index (χ3n) is 4.87. The van der Waals surface area contributed by atoms with E-state index in [2.05, 4.69) is 0 Å². The standard InChI is InChI=1S/C15H26O3/c1-10-5-6-11(16)15(4)8-7-13(18-15)14(2,3)12(17)9-10/h9,11-13,16-17H,5-8H2,1-4H3/b10-9-. The van der Waals surface area contributed by atoms with E-state index < -0.39 is 17.8 Å². The summed E-state index contributed by atoms with van der Waals surface area (Å²) in [6.45, 7) is 8.12. The quantitative estimate of drug-likeness (QED) is 0.653. The maximum atomic E-state index is 10.4. The number of aliphatic hydroxyl groups excluding tert-OH is 2. The van der Waals surface area contributed by atoms with Gasteiger partial charge in [-0.1, -0.05) is 25.5 Å². The molecule has 0 aromatic heterocycles. The Morgan fingerprint density at radius 1 is 1.22 bits per heavy atom. The summed E-state index contributed by atoms with van der Waals surface area (Å²) in [4.78, 5) is 0. The second-order valence-corrected chi connectivity index (χ2v) is 6.79. The second kappa shape index (κ2) is 4.62. The largest absolute Gasteiger partial charge is 0.390 e. The SMILES string of the molecule is C/C1=C/C(O)C(C)(C)C2CCC(C)(O2)C(O)CC1. The third-order valence-corrected chi connectivity index (χ3v) is 4.87. The Hall–Kier alpha value is -0.380. The molecule has 0 amide bonds. The van der Waals surface area contributed by atoms with Gasteiger partial charge in [0.25, 0.3) is 0 Å². The average Bonchev–Trinajstić information content (AvgIpc) is 2.69. The normalized spacial score (nSPS) is 47.4. The molecule has 0 aromatic rings. The molecule has 2 heterocycles. The van der Waals surface area contributed by atoms with Crippen molar-refractivity contribution in [3.63, 3.8) is 0 Å². The van der Waals surface area contributed by atoms with Crippen molar-refractivity contribution in [3.8, 4) is 0 Å².